The fourth-order valence-corrected chi connectivity index (χ4v) is 5.50. The molecule has 0 radical (unpaired) electrons. The second-order valence-electron chi connectivity index (χ2n) is 9.92. The average Bonchev–Trinajstić information content (AvgIpc) is 3.22. The van der Waals surface area contributed by atoms with E-state index in [0.29, 0.717) is 0 Å². The molecule has 2 aromatic carbocycles. The molecule has 0 aromatic heterocycles. The van der Waals surface area contributed by atoms with E-state index in [2.05, 4.69) is 91.2 Å². The van der Waals surface area contributed by atoms with E-state index in [1.165, 1.54) is 53.7 Å². The molecule has 2 aliphatic rings. The minimum absolute atomic E-state index is 0.283. The van der Waals surface area contributed by atoms with Gasteiger partial charge in [0, 0.05) is 35.7 Å². The van der Waals surface area contributed by atoms with Crippen molar-refractivity contribution in [2.24, 2.45) is 0 Å². The highest BCUT2D eigenvalue weighted by Crippen LogP contribution is 2.38. The Bertz CT molecular complexity index is 1030. The van der Waals surface area contributed by atoms with Crippen molar-refractivity contribution in [2.45, 2.75) is 85.4 Å². The van der Waals surface area contributed by atoms with Gasteiger partial charge in [-0.25, -0.2) is 0 Å². The second-order valence-corrected chi connectivity index (χ2v) is 9.92. The summed E-state index contributed by atoms with van der Waals surface area (Å²) in [6, 6.07) is 16.3. The van der Waals surface area contributed by atoms with Crippen LogP contribution in [0, 0.1) is 0 Å². The molecule has 1 fully saturated rings. The zero-order chi connectivity index (χ0) is 26.1. The Hall–Kier alpha value is -2.78. The van der Waals surface area contributed by atoms with Gasteiger partial charge in [-0.05, 0) is 73.9 Å². The highest BCUT2D eigenvalue weighted by atomic mass is 15.2. The Morgan fingerprint density at radius 3 is 2.22 bits per heavy atom. The molecular weight excluding hydrogens is 438 g/mol. The fourth-order valence-electron chi connectivity index (χ4n) is 5.50. The molecule has 3 heteroatoms. The lowest BCUT2D eigenvalue weighted by Crippen LogP contribution is -2.39. The van der Waals surface area contributed by atoms with Gasteiger partial charge < -0.3 is 10.2 Å². The topological polar surface area (TPSA) is 18.5 Å². The standard InChI is InChI=1S/C31H41N3.C2H6/c1-6-19-33(20-7-2)21-27-14-12-26(13-15-27)16-17-28-9-8-10-29-25(5)34(22-30(28)29)31-18-11-23(3)32-24(31)4;1-2/h8-10,12-15,31-32H,3-7,11,16-22H2,1-2H3;1-2H3. The van der Waals surface area contributed by atoms with Gasteiger partial charge in [-0.15, -0.1) is 0 Å². The van der Waals surface area contributed by atoms with Crippen LogP contribution in [-0.4, -0.2) is 28.9 Å². The predicted octanol–water partition coefficient (Wildman–Crippen LogP) is 7.69. The van der Waals surface area contributed by atoms with Crippen LogP contribution in [0.15, 0.2) is 73.6 Å². The summed E-state index contributed by atoms with van der Waals surface area (Å²) >= 11 is 0. The van der Waals surface area contributed by atoms with E-state index in [4.69, 9.17) is 0 Å². The maximum Gasteiger partial charge on any atom is 0.0693 e. The molecule has 0 spiro atoms. The largest absolute Gasteiger partial charge is 0.362 e. The van der Waals surface area contributed by atoms with Crippen LogP contribution in [0.1, 0.15) is 81.2 Å². The quantitative estimate of drug-likeness (QED) is 0.372. The molecule has 2 aromatic rings. The summed E-state index contributed by atoms with van der Waals surface area (Å²) in [5, 5.41) is 3.37. The Morgan fingerprint density at radius 2 is 1.58 bits per heavy atom. The maximum absolute atomic E-state index is 4.46. The van der Waals surface area contributed by atoms with Gasteiger partial charge in [0.05, 0.1) is 6.04 Å². The van der Waals surface area contributed by atoms with Crippen molar-refractivity contribution in [2.75, 3.05) is 13.1 Å². The Labute approximate surface area is 220 Å². The summed E-state index contributed by atoms with van der Waals surface area (Å²) in [7, 11) is 0. The van der Waals surface area contributed by atoms with E-state index < -0.39 is 0 Å². The van der Waals surface area contributed by atoms with Crippen LogP contribution in [0.25, 0.3) is 5.70 Å². The van der Waals surface area contributed by atoms with Crippen molar-refractivity contribution in [1.82, 2.24) is 15.1 Å². The molecule has 1 atom stereocenters. The van der Waals surface area contributed by atoms with Crippen LogP contribution in [0.3, 0.4) is 0 Å². The Morgan fingerprint density at radius 1 is 0.917 bits per heavy atom. The number of hydrogen-bond acceptors (Lipinski definition) is 3. The fraction of sp³-hybridized carbons (Fsp3) is 0.455. The van der Waals surface area contributed by atoms with Crippen molar-refractivity contribution in [3.05, 3.63) is 101 Å². The molecular formula is C33H47N3. The van der Waals surface area contributed by atoms with Crippen molar-refractivity contribution in [1.29, 1.82) is 0 Å². The zero-order valence-electron chi connectivity index (χ0n) is 23.2. The molecule has 1 N–H and O–H groups in total. The molecule has 36 heavy (non-hydrogen) atoms. The normalized spacial score (nSPS) is 17.1. The highest BCUT2D eigenvalue weighted by Gasteiger charge is 2.32. The summed E-state index contributed by atoms with van der Waals surface area (Å²) in [4.78, 5) is 5.00. The van der Waals surface area contributed by atoms with Crippen molar-refractivity contribution < 1.29 is 0 Å². The van der Waals surface area contributed by atoms with E-state index in [0.717, 1.165) is 55.9 Å². The third-order valence-electron chi connectivity index (χ3n) is 7.29. The summed E-state index contributed by atoms with van der Waals surface area (Å²) in [6.07, 6.45) is 6.58. The number of rotatable bonds is 10. The first kappa shape index (κ1) is 27.8. The molecule has 3 nitrogen and oxygen atoms in total. The maximum atomic E-state index is 4.46. The smallest absolute Gasteiger partial charge is 0.0693 e. The lowest BCUT2D eigenvalue weighted by atomic mass is 9.96. The number of hydrogen-bond donors (Lipinski definition) is 1. The summed E-state index contributed by atoms with van der Waals surface area (Å²) in [5.74, 6) is 0. The van der Waals surface area contributed by atoms with Crippen LogP contribution in [0.5, 0.6) is 0 Å². The SMILES string of the molecule is C=C1CCC(N2Cc3c(CCc4ccc(CN(CCC)CCC)cc4)cccc3C2=C)C(=C)N1.CC. The molecule has 2 aliphatic heterocycles. The number of nitrogens with zero attached hydrogens (tertiary/aromatic N) is 2. The molecule has 194 valence electrons. The van der Waals surface area contributed by atoms with Gasteiger partial charge >= 0.3 is 0 Å². The molecule has 1 saturated heterocycles. The minimum atomic E-state index is 0.283. The average molecular weight is 486 g/mol. The summed E-state index contributed by atoms with van der Waals surface area (Å²) in [6.45, 7) is 25.7. The first-order valence-corrected chi connectivity index (χ1v) is 14.0. The number of nitrogens with one attached hydrogen (secondary N) is 1. The van der Waals surface area contributed by atoms with Crippen molar-refractivity contribution in [3.8, 4) is 0 Å². The number of allylic oxidation sites excluding steroid dienone is 1. The predicted molar refractivity (Wildman–Crippen MR) is 157 cm³/mol. The van der Waals surface area contributed by atoms with Crippen LogP contribution >= 0.6 is 0 Å². The van der Waals surface area contributed by atoms with Crippen LogP contribution < -0.4 is 5.32 Å². The number of benzene rings is 2. The number of aryl methyl sites for hydroxylation is 2. The first-order valence-electron chi connectivity index (χ1n) is 14.0. The summed E-state index contributed by atoms with van der Waals surface area (Å²) < 4.78 is 0. The second kappa shape index (κ2) is 13.5. The Balaban J connectivity index is 0.00000176. The molecule has 0 aliphatic carbocycles. The monoisotopic (exact) mass is 485 g/mol. The number of fused-ring (bicyclic) bond motifs is 1. The molecule has 0 bridgehead atoms. The minimum Gasteiger partial charge on any atom is -0.362 e. The van der Waals surface area contributed by atoms with Gasteiger partial charge in [-0.1, -0.05) is 89.9 Å². The molecule has 1 unspecified atom stereocenters. The van der Waals surface area contributed by atoms with E-state index in [9.17, 15) is 0 Å². The van der Waals surface area contributed by atoms with Gasteiger partial charge in [0.15, 0.2) is 0 Å². The lowest BCUT2D eigenvalue weighted by molar-refractivity contribution is 0.266. The Kier molecular flexibility index (Phi) is 10.4. The third kappa shape index (κ3) is 6.70. The van der Waals surface area contributed by atoms with Crippen LogP contribution in [-0.2, 0) is 25.9 Å². The van der Waals surface area contributed by atoms with Gasteiger partial charge in [0.25, 0.3) is 0 Å². The summed E-state index contributed by atoms with van der Waals surface area (Å²) in [5.41, 5.74) is 10.3. The zero-order valence-corrected chi connectivity index (χ0v) is 23.2. The van der Waals surface area contributed by atoms with E-state index in [1.54, 1.807) is 0 Å². The molecule has 0 amide bonds. The van der Waals surface area contributed by atoms with Crippen molar-refractivity contribution >= 4 is 5.70 Å². The van der Waals surface area contributed by atoms with Gasteiger partial charge in [-0.3, -0.25) is 4.90 Å². The highest BCUT2D eigenvalue weighted by molar-refractivity contribution is 5.71. The van der Waals surface area contributed by atoms with Crippen molar-refractivity contribution in [3.63, 3.8) is 0 Å². The van der Waals surface area contributed by atoms with Crippen LogP contribution in [0.4, 0.5) is 0 Å². The van der Waals surface area contributed by atoms with Gasteiger partial charge in [-0.2, -0.15) is 0 Å². The molecule has 2 heterocycles. The lowest BCUT2D eigenvalue weighted by Gasteiger charge is -2.36. The third-order valence-corrected chi connectivity index (χ3v) is 7.29. The van der Waals surface area contributed by atoms with E-state index in [1.807, 2.05) is 13.8 Å². The molecule has 0 saturated carbocycles. The van der Waals surface area contributed by atoms with Crippen LogP contribution in [0.2, 0.25) is 0 Å². The van der Waals surface area contributed by atoms with Gasteiger partial charge in [0.1, 0.15) is 0 Å². The van der Waals surface area contributed by atoms with E-state index >= 15 is 0 Å². The van der Waals surface area contributed by atoms with E-state index in [-0.39, 0.29) is 6.04 Å². The van der Waals surface area contributed by atoms with Gasteiger partial charge in [0.2, 0.25) is 0 Å². The number of piperidine rings is 1. The molecule has 4 rings (SSSR count). The first-order chi connectivity index (χ1) is 17.5.